The minimum absolute atomic E-state index is 0.249. The summed E-state index contributed by atoms with van der Waals surface area (Å²) in [6.45, 7) is 8.95. The first-order valence-electron chi connectivity index (χ1n) is 17.6. The van der Waals surface area contributed by atoms with Crippen molar-refractivity contribution in [1.29, 1.82) is 0 Å². The number of hydrogen-bond donors (Lipinski definition) is 2. The van der Waals surface area contributed by atoms with Crippen LogP contribution >= 0.6 is 0 Å². The number of fused-ring (bicyclic) bond motifs is 3. The van der Waals surface area contributed by atoms with Crippen molar-refractivity contribution in [3.8, 4) is 16.8 Å². The maximum absolute atomic E-state index is 15.3. The van der Waals surface area contributed by atoms with Crippen molar-refractivity contribution in [2.24, 2.45) is 7.05 Å². The highest BCUT2D eigenvalue weighted by Gasteiger charge is 2.29. The first-order chi connectivity index (χ1) is 24.4. The molecule has 3 aliphatic rings. The summed E-state index contributed by atoms with van der Waals surface area (Å²) in [5.74, 6) is -0.0727. The van der Waals surface area contributed by atoms with E-state index >= 15 is 4.39 Å². The predicted octanol–water partition coefficient (Wildman–Crippen LogP) is 4.65. The molecule has 0 unspecified atom stereocenters. The van der Waals surface area contributed by atoms with Crippen LogP contribution in [-0.4, -0.2) is 74.0 Å². The Morgan fingerprint density at radius 3 is 2.46 bits per heavy atom. The van der Waals surface area contributed by atoms with Gasteiger partial charge in [0.1, 0.15) is 22.8 Å². The summed E-state index contributed by atoms with van der Waals surface area (Å²) in [6.07, 6.45) is 10.9. The number of anilines is 3. The average Bonchev–Trinajstić information content (AvgIpc) is 3.50. The molecule has 6 heterocycles. The van der Waals surface area contributed by atoms with E-state index in [1.54, 1.807) is 31.7 Å². The van der Waals surface area contributed by atoms with Crippen LogP contribution in [0.5, 0.6) is 0 Å². The molecule has 12 heteroatoms. The Balaban J connectivity index is 0.00000193. The minimum Gasteiger partial charge on any atom is -0.392 e. The molecule has 0 spiro atoms. The van der Waals surface area contributed by atoms with Gasteiger partial charge in [-0.3, -0.25) is 19.1 Å². The molecule has 0 saturated carbocycles. The van der Waals surface area contributed by atoms with Gasteiger partial charge in [-0.05, 0) is 73.2 Å². The van der Waals surface area contributed by atoms with Crippen LogP contribution in [0.2, 0.25) is 0 Å². The fraction of sp³-hybridized carbons (Fsp3) is 0.395. The number of piperazine rings is 1. The third kappa shape index (κ3) is 6.23. The van der Waals surface area contributed by atoms with Crippen molar-refractivity contribution in [1.82, 2.24) is 23.4 Å². The van der Waals surface area contributed by atoms with Gasteiger partial charge in [-0.25, -0.2) is 9.37 Å². The lowest BCUT2D eigenvalue weighted by Crippen LogP contribution is -2.56. The molecule has 1 aromatic carbocycles. The smallest absolute Gasteiger partial charge is 0.279 e. The van der Waals surface area contributed by atoms with Crippen molar-refractivity contribution in [3.05, 3.63) is 105 Å². The zero-order valence-corrected chi connectivity index (χ0v) is 28.9. The summed E-state index contributed by atoms with van der Waals surface area (Å²) in [7, 11) is 1.62. The molecule has 2 aliphatic heterocycles. The lowest BCUT2D eigenvalue weighted by atomic mass is 9.98. The van der Waals surface area contributed by atoms with Crippen molar-refractivity contribution >= 4 is 22.7 Å². The number of ether oxygens (including phenoxy) is 1. The zero-order chi connectivity index (χ0) is 34.9. The van der Waals surface area contributed by atoms with E-state index < -0.39 is 12.4 Å². The Hall–Kier alpha value is -4.78. The van der Waals surface area contributed by atoms with E-state index in [9.17, 15) is 14.7 Å². The van der Waals surface area contributed by atoms with E-state index in [0.29, 0.717) is 34.1 Å². The number of aromatic nitrogens is 4. The van der Waals surface area contributed by atoms with Gasteiger partial charge in [0.15, 0.2) is 0 Å². The van der Waals surface area contributed by atoms with Crippen molar-refractivity contribution in [2.75, 3.05) is 49.6 Å². The van der Waals surface area contributed by atoms with Crippen molar-refractivity contribution in [3.63, 3.8) is 0 Å². The Morgan fingerprint density at radius 1 is 0.980 bits per heavy atom. The van der Waals surface area contributed by atoms with Crippen LogP contribution in [0.25, 0.3) is 22.3 Å². The largest absolute Gasteiger partial charge is 0.392 e. The van der Waals surface area contributed by atoms with Gasteiger partial charge in [-0.15, -0.1) is 0 Å². The van der Waals surface area contributed by atoms with Gasteiger partial charge >= 0.3 is 0 Å². The quantitative estimate of drug-likeness (QED) is 0.256. The molecule has 0 atom stereocenters. The Kier molecular flexibility index (Phi) is 9.58. The second kappa shape index (κ2) is 14.2. The topological polar surface area (TPSA) is 109 Å². The monoisotopic (exact) mass is 681 g/mol. The zero-order valence-electron chi connectivity index (χ0n) is 28.9. The normalized spacial score (nSPS) is 16.5. The highest BCUT2D eigenvalue weighted by atomic mass is 19.1. The predicted molar refractivity (Wildman–Crippen MR) is 193 cm³/mol. The highest BCUT2D eigenvalue weighted by Crippen LogP contribution is 2.32. The average molecular weight is 682 g/mol. The fourth-order valence-electron chi connectivity index (χ4n) is 7.35. The molecule has 2 fully saturated rings. The van der Waals surface area contributed by atoms with Crippen LogP contribution in [0, 0.1) is 5.82 Å². The lowest BCUT2D eigenvalue weighted by Gasteiger charge is -2.43. The Bertz CT molecular complexity index is 2130. The van der Waals surface area contributed by atoms with Gasteiger partial charge in [-0.2, -0.15) is 0 Å². The van der Waals surface area contributed by atoms with Gasteiger partial charge in [0.25, 0.3) is 11.1 Å². The lowest BCUT2D eigenvalue weighted by molar-refractivity contribution is -0.0660. The van der Waals surface area contributed by atoms with Gasteiger partial charge in [0.05, 0.1) is 43.4 Å². The molecular formula is C38H44FN7O4. The highest BCUT2D eigenvalue weighted by molar-refractivity contribution is 5.75. The van der Waals surface area contributed by atoms with Crippen molar-refractivity contribution < 1.29 is 14.2 Å². The van der Waals surface area contributed by atoms with E-state index in [2.05, 4.69) is 20.1 Å². The number of hydrogen-bond acceptors (Lipinski definition) is 8. The molecule has 4 aromatic heterocycles. The van der Waals surface area contributed by atoms with E-state index in [1.165, 1.54) is 26.8 Å². The van der Waals surface area contributed by atoms with Crippen LogP contribution < -0.4 is 21.3 Å². The van der Waals surface area contributed by atoms with Crippen LogP contribution in [0.1, 0.15) is 43.5 Å². The summed E-state index contributed by atoms with van der Waals surface area (Å²) < 4.78 is 25.4. The van der Waals surface area contributed by atoms with E-state index in [1.807, 2.05) is 42.6 Å². The number of nitrogens with one attached hydrogen (secondary N) is 1. The summed E-state index contributed by atoms with van der Waals surface area (Å²) >= 11 is 0. The maximum atomic E-state index is 15.3. The summed E-state index contributed by atoms with van der Waals surface area (Å²) in [5, 5.41) is 13.8. The van der Waals surface area contributed by atoms with Crippen LogP contribution in [0.15, 0.2) is 70.8 Å². The maximum Gasteiger partial charge on any atom is 0.279 e. The third-order valence-electron chi connectivity index (χ3n) is 10.1. The van der Waals surface area contributed by atoms with Crippen LogP contribution in [-0.2, 0) is 31.2 Å². The standard InChI is InChI=1S/C36H38FN7O4.C2H6/c1-40-19-24(14-30(35(40)46)39-34-7-6-26(18-38-34)41-8-10-42(11-9-41)27-21-48-22-27)28-16-25(37)17-32(29(28)20-45)44-13-12-43-31-5-3-2-4-23(31)15-33(43)36(44)47;1-2/h6-7,12-19,27,45H,2-5,8-11,20-22H2,1H3,(H,38,39);1-2H3. The number of nitrogens with zero attached hydrogens (tertiary/aromatic N) is 6. The first kappa shape index (κ1) is 33.7. The van der Waals surface area contributed by atoms with Crippen molar-refractivity contribution in [2.45, 2.75) is 52.2 Å². The minimum atomic E-state index is -0.568. The van der Waals surface area contributed by atoms with Gasteiger partial charge in [0, 0.05) is 68.6 Å². The molecular weight excluding hydrogens is 637 g/mol. The Morgan fingerprint density at radius 2 is 1.76 bits per heavy atom. The summed E-state index contributed by atoms with van der Waals surface area (Å²) in [6, 6.07) is 10.5. The molecule has 1 aliphatic carbocycles. The molecule has 262 valence electrons. The molecule has 0 radical (unpaired) electrons. The second-order valence-corrected chi connectivity index (χ2v) is 13.0. The molecule has 2 N–H and O–H groups in total. The number of aryl methyl sites for hydroxylation is 3. The van der Waals surface area contributed by atoms with E-state index in [0.717, 1.165) is 76.5 Å². The summed E-state index contributed by atoms with van der Waals surface area (Å²) in [5.41, 5.74) is 5.04. The number of aliphatic hydroxyl groups is 1. The molecule has 0 amide bonds. The molecule has 5 aromatic rings. The number of halogens is 1. The van der Waals surface area contributed by atoms with Gasteiger partial charge in [0.2, 0.25) is 0 Å². The Labute approximate surface area is 290 Å². The number of benzene rings is 1. The number of rotatable bonds is 7. The first-order valence-corrected chi connectivity index (χ1v) is 17.6. The van der Waals surface area contributed by atoms with E-state index in [-0.39, 0.29) is 22.5 Å². The van der Waals surface area contributed by atoms with Crippen LogP contribution in [0.3, 0.4) is 0 Å². The van der Waals surface area contributed by atoms with Crippen LogP contribution in [0.4, 0.5) is 21.6 Å². The molecule has 50 heavy (non-hydrogen) atoms. The van der Waals surface area contributed by atoms with E-state index in [4.69, 9.17) is 4.74 Å². The second-order valence-electron chi connectivity index (χ2n) is 13.0. The number of aliphatic hydroxyl groups excluding tert-OH is 1. The molecule has 0 bridgehead atoms. The van der Waals surface area contributed by atoms with Gasteiger partial charge < -0.3 is 29.0 Å². The fourth-order valence-corrected chi connectivity index (χ4v) is 7.35. The molecule has 2 saturated heterocycles. The molecule has 11 nitrogen and oxygen atoms in total. The SMILES string of the molecule is CC.Cn1cc(-c2cc(F)cc(-n3ccn4c5c(cc4c3=O)CCCC5)c2CO)cc(Nc2ccc(N3CCN(C4COC4)CC3)cn2)c1=O. The van der Waals surface area contributed by atoms with Gasteiger partial charge in [-0.1, -0.05) is 13.8 Å². The molecule has 8 rings (SSSR count). The summed E-state index contributed by atoms with van der Waals surface area (Å²) in [4.78, 5) is 36.4. The number of pyridine rings is 2. The third-order valence-corrected chi connectivity index (χ3v) is 10.1.